The van der Waals surface area contributed by atoms with Gasteiger partial charge in [-0.15, -0.1) is 0 Å². The molecule has 1 aromatic heterocycles. The van der Waals surface area contributed by atoms with E-state index in [1.165, 1.54) is 6.20 Å². The monoisotopic (exact) mass is 250 g/mol. The Morgan fingerprint density at radius 1 is 1.39 bits per heavy atom. The van der Waals surface area contributed by atoms with Crippen molar-refractivity contribution in [2.75, 3.05) is 20.2 Å². The quantitative estimate of drug-likeness (QED) is 0.823. The molecule has 98 valence electrons. The fourth-order valence-corrected chi connectivity index (χ4v) is 3.24. The number of hydrogen-bond donors (Lipinski definition) is 0. The molecule has 1 saturated carbocycles. The highest BCUT2D eigenvalue weighted by Gasteiger charge is 2.57. The van der Waals surface area contributed by atoms with E-state index in [0.717, 1.165) is 18.7 Å². The van der Waals surface area contributed by atoms with Crippen molar-refractivity contribution in [3.8, 4) is 5.88 Å². The average molecular weight is 250 g/mol. The number of methoxy groups -OCH3 is 1. The van der Waals surface area contributed by atoms with Crippen LogP contribution >= 0.6 is 0 Å². The fraction of sp³-hybridized carbons (Fsp3) is 0.643. The molecule has 0 N–H and O–H groups in total. The summed E-state index contributed by atoms with van der Waals surface area (Å²) in [6.45, 7) is 6.62. The minimum absolute atomic E-state index is 0.189. The van der Waals surface area contributed by atoms with Gasteiger partial charge in [-0.25, -0.2) is 9.37 Å². The molecule has 0 radical (unpaired) electrons. The Hall–Kier alpha value is -1.16. The number of halogens is 1. The molecule has 0 bridgehead atoms. The Balaban J connectivity index is 1.76. The van der Waals surface area contributed by atoms with Gasteiger partial charge in [0.1, 0.15) is 5.82 Å². The molecule has 0 spiro atoms. The normalized spacial score (nSPS) is 30.6. The maximum Gasteiger partial charge on any atom is 0.213 e. The first kappa shape index (κ1) is 11.9. The molecule has 2 heterocycles. The van der Waals surface area contributed by atoms with Crippen molar-refractivity contribution in [2.45, 2.75) is 25.8 Å². The highest BCUT2D eigenvalue weighted by molar-refractivity contribution is 5.34. The van der Waals surface area contributed by atoms with E-state index in [1.807, 2.05) is 0 Å². The molecular weight excluding hydrogens is 231 g/mol. The number of rotatable bonds is 3. The SMILES string of the molecule is COc1cc(C2C3CN(C(C)C)CC32)c(F)cn1. The zero-order valence-electron chi connectivity index (χ0n) is 11.1. The van der Waals surface area contributed by atoms with Gasteiger partial charge in [0.05, 0.1) is 13.3 Å². The van der Waals surface area contributed by atoms with E-state index >= 15 is 0 Å². The zero-order chi connectivity index (χ0) is 12.9. The summed E-state index contributed by atoms with van der Waals surface area (Å²) in [6.07, 6.45) is 1.28. The lowest BCUT2D eigenvalue weighted by molar-refractivity contribution is 0.242. The van der Waals surface area contributed by atoms with Crippen LogP contribution in [-0.4, -0.2) is 36.1 Å². The Morgan fingerprint density at radius 3 is 2.61 bits per heavy atom. The topological polar surface area (TPSA) is 25.4 Å². The molecule has 2 unspecified atom stereocenters. The van der Waals surface area contributed by atoms with Crippen LogP contribution in [0.5, 0.6) is 5.88 Å². The molecule has 4 heteroatoms. The predicted molar refractivity (Wildman–Crippen MR) is 67.2 cm³/mol. The number of ether oxygens (including phenoxy) is 1. The van der Waals surface area contributed by atoms with Gasteiger partial charge in [-0.3, -0.25) is 0 Å². The summed E-state index contributed by atoms with van der Waals surface area (Å²) in [7, 11) is 1.57. The Labute approximate surface area is 107 Å². The van der Waals surface area contributed by atoms with Crippen LogP contribution < -0.4 is 4.74 Å². The molecule has 1 aromatic rings. The van der Waals surface area contributed by atoms with Crippen molar-refractivity contribution >= 4 is 0 Å². The van der Waals surface area contributed by atoms with E-state index in [0.29, 0.717) is 29.7 Å². The van der Waals surface area contributed by atoms with Crippen molar-refractivity contribution in [3.63, 3.8) is 0 Å². The van der Waals surface area contributed by atoms with Gasteiger partial charge in [0.2, 0.25) is 5.88 Å². The maximum absolute atomic E-state index is 13.8. The third kappa shape index (κ3) is 1.79. The first-order valence-electron chi connectivity index (χ1n) is 6.55. The molecule has 2 aliphatic rings. The summed E-state index contributed by atoms with van der Waals surface area (Å²) >= 11 is 0. The van der Waals surface area contributed by atoms with E-state index < -0.39 is 0 Å². The number of likely N-dealkylation sites (tertiary alicyclic amines) is 1. The molecule has 0 amide bonds. The lowest BCUT2D eigenvalue weighted by Crippen LogP contribution is -2.31. The standard InChI is InChI=1S/C14H19FN2O/c1-8(2)17-6-10-11(7-17)14(10)9-4-13(18-3)16-5-12(9)15/h4-5,8,10-11,14H,6-7H2,1-3H3. The lowest BCUT2D eigenvalue weighted by Gasteiger charge is -2.23. The highest BCUT2D eigenvalue weighted by atomic mass is 19.1. The van der Waals surface area contributed by atoms with Crippen molar-refractivity contribution < 1.29 is 9.13 Å². The molecule has 1 saturated heterocycles. The predicted octanol–water partition coefficient (Wildman–Crippen LogP) is 2.28. The maximum atomic E-state index is 13.8. The van der Waals surface area contributed by atoms with Crippen LogP contribution in [0.3, 0.4) is 0 Å². The Bertz CT molecular complexity index is 451. The van der Waals surface area contributed by atoms with Gasteiger partial charge in [0.15, 0.2) is 0 Å². The van der Waals surface area contributed by atoms with Crippen molar-refractivity contribution in [1.29, 1.82) is 0 Å². The second-order valence-electron chi connectivity index (χ2n) is 5.65. The van der Waals surface area contributed by atoms with E-state index in [2.05, 4.69) is 23.7 Å². The molecule has 1 aliphatic heterocycles. The third-order valence-electron chi connectivity index (χ3n) is 4.38. The summed E-state index contributed by atoms with van der Waals surface area (Å²) in [4.78, 5) is 6.37. The van der Waals surface area contributed by atoms with Crippen LogP contribution in [0.25, 0.3) is 0 Å². The minimum atomic E-state index is -0.189. The summed E-state index contributed by atoms with van der Waals surface area (Å²) in [6, 6.07) is 2.35. The summed E-state index contributed by atoms with van der Waals surface area (Å²) in [5.41, 5.74) is 0.792. The van der Waals surface area contributed by atoms with Gasteiger partial charge in [0, 0.05) is 25.2 Å². The second kappa shape index (κ2) is 4.19. The van der Waals surface area contributed by atoms with Gasteiger partial charge in [-0.2, -0.15) is 0 Å². The van der Waals surface area contributed by atoms with Crippen LogP contribution in [-0.2, 0) is 0 Å². The molecule has 3 nitrogen and oxygen atoms in total. The number of aromatic nitrogens is 1. The zero-order valence-corrected chi connectivity index (χ0v) is 11.1. The van der Waals surface area contributed by atoms with E-state index in [9.17, 15) is 4.39 Å². The minimum Gasteiger partial charge on any atom is -0.481 e. The van der Waals surface area contributed by atoms with Crippen LogP contribution in [0.2, 0.25) is 0 Å². The second-order valence-corrected chi connectivity index (χ2v) is 5.65. The third-order valence-corrected chi connectivity index (χ3v) is 4.38. The first-order chi connectivity index (χ1) is 8.61. The summed E-state index contributed by atoms with van der Waals surface area (Å²) in [5.74, 6) is 1.93. The van der Waals surface area contributed by atoms with Gasteiger partial charge >= 0.3 is 0 Å². The van der Waals surface area contributed by atoms with Crippen LogP contribution in [0.4, 0.5) is 4.39 Å². The molecule has 18 heavy (non-hydrogen) atoms. The molecule has 0 aromatic carbocycles. The van der Waals surface area contributed by atoms with Crippen LogP contribution in [0.1, 0.15) is 25.3 Å². The first-order valence-corrected chi connectivity index (χ1v) is 6.55. The van der Waals surface area contributed by atoms with Crippen LogP contribution in [0.15, 0.2) is 12.3 Å². The number of fused-ring (bicyclic) bond motifs is 1. The largest absolute Gasteiger partial charge is 0.481 e. The summed E-state index contributed by atoms with van der Waals surface area (Å²) in [5, 5.41) is 0. The van der Waals surface area contributed by atoms with Gasteiger partial charge in [-0.05, 0) is 37.2 Å². The van der Waals surface area contributed by atoms with Gasteiger partial charge in [0.25, 0.3) is 0 Å². The van der Waals surface area contributed by atoms with Gasteiger partial charge < -0.3 is 9.64 Å². The molecule has 2 atom stereocenters. The molecule has 2 fully saturated rings. The number of pyridine rings is 1. The number of nitrogens with zero attached hydrogens (tertiary/aromatic N) is 2. The van der Waals surface area contributed by atoms with Gasteiger partial charge in [-0.1, -0.05) is 0 Å². The smallest absolute Gasteiger partial charge is 0.213 e. The number of piperidine rings is 1. The Morgan fingerprint density at radius 2 is 2.06 bits per heavy atom. The average Bonchev–Trinajstić information content (AvgIpc) is 2.83. The fourth-order valence-electron chi connectivity index (χ4n) is 3.24. The molecular formula is C14H19FN2O. The highest BCUT2D eigenvalue weighted by Crippen LogP contribution is 2.59. The van der Waals surface area contributed by atoms with Crippen molar-refractivity contribution in [3.05, 3.63) is 23.6 Å². The Kier molecular flexibility index (Phi) is 2.77. The number of hydrogen-bond acceptors (Lipinski definition) is 3. The summed E-state index contributed by atoms with van der Waals surface area (Å²) < 4.78 is 18.9. The molecule has 1 aliphatic carbocycles. The van der Waals surface area contributed by atoms with Crippen molar-refractivity contribution in [2.24, 2.45) is 11.8 Å². The van der Waals surface area contributed by atoms with E-state index in [-0.39, 0.29) is 5.82 Å². The van der Waals surface area contributed by atoms with Crippen molar-refractivity contribution in [1.82, 2.24) is 9.88 Å². The lowest BCUT2D eigenvalue weighted by atomic mass is 10.1. The van der Waals surface area contributed by atoms with E-state index in [1.54, 1.807) is 13.2 Å². The van der Waals surface area contributed by atoms with E-state index in [4.69, 9.17) is 4.74 Å². The molecule has 3 rings (SSSR count). The van der Waals surface area contributed by atoms with Crippen LogP contribution in [0, 0.1) is 17.7 Å².